The second-order valence-electron chi connectivity index (χ2n) is 8.62. The van der Waals surface area contributed by atoms with Gasteiger partial charge in [-0.1, -0.05) is 0 Å². The summed E-state index contributed by atoms with van der Waals surface area (Å²) >= 11 is 7.50. The average Bonchev–Trinajstić information content (AvgIpc) is 2.89. The van der Waals surface area contributed by atoms with Crippen LogP contribution >= 0.6 is 31.9 Å². The Morgan fingerprint density at radius 1 is 1.04 bits per heavy atom. The number of nitrogens with zero attached hydrogens (tertiary/aromatic N) is 2. The van der Waals surface area contributed by atoms with Crippen LogP contribution in [0.4, 0.5) is 0 Å². The maximum Gasteiger partial charge on any atom is 0.271 e. The zero-order chi connectivity index (χ0) is 20.2. The molecule has 0 fully saturated rings. The van der Waals surface area contributed by atoms with E-state index in [0.29, 0.717) is 0 Å². The number of ether oxygens (including phenoxy) is 1. The molecule has 150 valence electrons. The van der Waals surface area contributed by atoms with Gasteiger partial charge in [-0.25, -0.2) is 0 Å². The number of halogens is 2. The normalized spacial score (nSPS) is 16.8. The Balaban J connectivity index is 1.93. The summed E-state index contributed by atoms with van der Waals surface area (Å²) in [7, 11) is 1.69. The van der Waals surface area contributed by atoms with Crippen LogP contribution in [0.2, 0.25) is 0 Å². The Kier molecular flexibility index (Phi) is 5.15. The number of hydrogen-bond donors (Lipinski definition) is 0. The molecule has 0 saturated carbocycles. The number of carbonyl (C=O) groups excluding carboxylic acids is 1. The lowest BCUT2D eigenvalue weighted by Crippen LogP contribution is -2.47. The molecule has 3 heterocycles. The summed E-state index contributed by atoms with van der Waals surface area (Å²) in [6, 6.07) is 4.24. The van der Waals surface area contributed by atoms with Gasteiger partial charge in [0.25, 0.3) is 5.91 Å². The second-order valence-corrected chi connectivity index (χ2v) is 10.3. The van der Waals surface area contributed by atoms with Crippen molar-refractivity contribution in [3.63, 3.8) is 0 Å². The van der Waals surface area contributed by atoms with Crippen molar-refractivity contribution in [2.75, 3.05) is 13.7 Å². The molecule has 2 aliphatic rings. The Morgan fingerprint density at radius 2 is 1.79 bits per heavy atom. The number of aromatic nitrogens is 1. The quantitative estimate of drug-likeness (QED) is 0.485. The zero-order valence-electron chi connectivity index (χ0n) is 16.9. The van der Waals surface area contributed by atoms with Crippen LogP contribution in [0, 0.1) is 0 Å². The smallest absolute Gasteiger partial charge is 0.271 e. The number of fused-ring (bicyclic) bond motifs is 5. The minimum atomic E-state index is -0.189. The molecule has 2 aliphatic heterocycles. The lowest BCUT2D eigenvalue weighted by molar-refractivity contribution is 0.0558. The summed E-state index contributed by atoms with van der Waals surface area (Å²) in [4.78, 5) is 15.7. The maximum absolute atomic E-state index is 13.7. The first-order chi connectivity index (χ1) is 13.2. The van der Waals surface area contributed by atoms with Gasteiger partial charge in [0.05, 0.1) is 17.3 Å². The SMILES string of the molecule is COc1cc2c(cc1Br)-c1c(Br)c3c(n1CC2)C(=O)N(C(C)(C)C)CCCC3. The predicted octanol–water partition coefficient (Wildman–Crippen LogP) is 5.82. The van der Waals surface area contributed by atoms with Gasteiger partial charge in [-0.05, 0) is 102 Å². The summed E-state index contributed by atoms with van der Waals surface area (Å²) in [6.07, 6.45) is 3.96. The molecule has 1 amide bonds. The lowest BCUT2D eigenvalue weighted by Gasteiger charge is -2.37. The first kappa shape index (κ1) is 20.0. The fourth-order valence-corrected chi connectivity index (χ4v) is 5.77. The third-order valence-electron chi connectivity index (χ3n) is 5.85. The van der Waals surface area contributed by atoms with E-state index in [1.165, 1.54) is 11.1 Å². The third-order valence-corrected chi connectivity index (χ3v) is 7.33. The number of aryl methyl sites for hydroxylation is 1. The van der Waals surface area contributed by atoms with Gasteiger partial charge in [0.15, 0.2) is 0 Å². The molecule has 0 saturated heterocycles. The molecule has 28 heavy (non-hydrogen) atoms. The van der Waals surface area contributed by atoms with E-state index >= 15 is 0 Å². The molecule has 0 N–H and O–H groups in total. The van der Waals surface area contributed by atoms with E-state index in [2.05, 4.69) is 69.3 Å². The highest BCUT2D eigenvalue weighted by atomic mass is 79.9. The molecule has 6 heteroatoms. The van der Waals surface area contributed by atoms with Gasteiger partial charge >= 0.3 is 0 Å². The second kappa shape index (κ2) is 7.21. The largest absolute Gasteiger partial charge is 0.496 e. The molecule has 0 atom stereocenters. The van der Waals surface area contributed by atoms with E-state index in [0.717, 1.165) is 70.4 Å². The number of amides is 1. The summed E-state index contributed by atoms with van der Waals surface area (Å²) in [5.74, 6) is 1.01. The van der Waals surface area contributed by atoms with Crippen molar-refractivity contribution in [2.45, 2.75) is 58.5 Å². The van der Waals surface area contributed by atoms with Gasteiger partial charge in [0.2, 0.25) is 0 Å². The number of rotatable bonds is 1. The van der Waals surface area contributed by atoms with Crippen molar-refractivity contribution in [1.29, 1.82) is 0 Å². The lowest BCUT2D eigenvalue weighted by atomic mass is 9.98. The fourth-order valence-electron chi connectivity index (χ4n) is 4.45. The monoisotopic (exact) mass is 508 g/mol. The number of hydrogen-bond acceptors (Lipinski definition) is 2. The average molecular weight is 510 g/mol. The molecule has 4 rings (SSSR count). The Bertz CT molecular complexity index is 957. The highest BCUT2D eigenvalue weighted by Crippen LogP contribution is 2.45. The molecule has 0 bridgehead atoms. The third kappa shape index (κ3) is 3.13. The van der Waals surface area contributed by atoms with Gasteiger partial charge in [-0.15, -0.1) is 0 Å². The topological polar surface area (TPSA) is 34.5 Å². The summed E-state index contributed by atoms with van der Waals surface area (Å²) in [5, 5.41) is 0. The van der Waals surface area contributed by atoms with Crippen molar-refractivity contribution < 1.29 is 9.53 Å². The van der Waals surface area contributed by atoms with E-state index in [1.807, 2.05) is 4.90 Å². The standard InChI is InChI=1S/C22H26Br2N2O2/c1-22(2,3)26-9-6-5-7-14-18(24)19-15-12-16(23)17(28-4)11-13(15)8-10-25(19)20(14)21(26)27/h11-12H,5-10H2,1-4H3. The Morgan fingerprint density at radius 3 is 2.46 bits per heavy atom. The number of methoxy groups -OCH3 is 1. The molecule has 4 nitrogen and oxygen atoms in total. The zero-order valence-corrected chi connectivity index (χ0v) is 20.0. The van der Waals surface area contributed by atoms with Crippen molar-refractivity contribution >= 4 is 37.8 Å². The number of carbonyl (C=O) groups is 1. The van der Waals surface area contributed by atoms with Crippen molar-refractivity contribution in [1.82, 2.24) is 9.47 Å². The summed E-state index contributed by atoms with van der Waals surface area (Å²) in [6.45, 7) is 8.00. The molecule has 1 aromatic carbocycles. The Labute approximate surface area is 183 Å². The molecule has 1 aromatic heterocycles. The highest BCUT2D eigenvalue weighted by molar-refractivity contribution is 9.11. The van der Waals surface area contributed by atoms with Gasteiger partial charge in [0, 0.05) is 28.7 Å². The first-order valence-corrected chi connectivity index (χ1v) is 11.4. The fraction of sp³-hybridized carbons (Fsp3) is 0.500. The van der Waals surface area contributed by atoms with E-state index < -0.39 is 0 Å². The molecule has 0 spiro atoms. The minimum Gasteiger partial charge on any atom is -0.496 e. The van der Waals surface area contributed by atoms with Crippen molar-refractivity contribution in [3.8, 4) is 17.0 Å². The molecular weight excluding hydrogens is 484 g/mol. The molecule has 2 aromatic rings. The van der Waals surface area contributed by atoms with Crippen LogP contribution in [0.5, 0.6) is 5.75 Å². The van der Waals surface area contributed by atoms with Gasteiger partial charge < -0.3 is 14.2 Å². The predicted molar refractivity (Wildman–Crippen MR) is 119 cm³/mol. The summed E-state index contributed by atoms with van der Waals surface area (Å²) in [5.41, 5.74) is 5.40. The molecule has 0 radical (unpaired) electrons. The van der Waals surface area contributed by atoms with Crippen LogP contribution in [0.3, 0.4) is 0 Å². The van der Waals surface area contributed by atoms with Crippen molar-refractivity contribution in [2.24, 2.45) is 0 Å². The maximum atomic E-state index is 13.7. The van der Waals surface area contributed by atoms with E-state index in [-0.39, 0.29) is 11.4 Å². The molecular formula is C22H26Br2N2O2. The minimum absolute atomic E-state index is 0.158. The van der Waals surface area contributed by atoms with E-state index in [9.17, 15) is 4.79 Å². The molecule has 0 aliphatic carbocycles. The van der Waals surface area contributed by atoms with Crippen LogP contribution in [0.15, 0.2) is 21.1 Å². The van der Waals surface area contributed by atoms with E-state index in [1.54, 1.807) is 7.11 Å². The van der Waals surface area contributed by atoms with Crippen LogP contribution in [0.1, 0.15) is 55.2 Å². The van der Waals surface area contributed by atoms with Gasteiger partial charge in [-0.3, -0.25) is 4.79 Å². The van der Waals surface area contributed by atoms with Crippen LogP contribution in [-0.2, 0) is 19.4 Å². The van der Waals surface area contributed by atoms with Crippen LogP contribution in [0.25, 0.3) is 11.3 Å². The summed E-state index contributed by atoms with van der Waals surface area (Å²) < 4.78 is 9.74. The highest BCUT2D eigenvalue weighted by Gasteiger charge is 2.36. The first-order valence-electron chi connectivity index (χ1n) is 9.83. The van der Waals surface area contributed by atoms with Crippen LogP contribution in [-0.4, -0.2) is 34.6 Å². The van der Waals surface area contributed by atoms with Gasteiger partial charge in [-0.2, -0.15) is 0 Å². The number of benzene rings is 1. The Hall–Kier alpha value is -1.27. The van der Waals surface area contributed by atoms with E-state index in [4.69, 9.17) is 4.74 Å². The molecule has 0 unspecified atom stereocenters. The van der Waals surface area contributed by atoms with Crippen LogP contribution < -0.4 is 4.74 Å². The van der Waals surface area contributed by atoms with Crippen molar-refractivity contribution in [3.05, 3.63) is 37.9 Å². The van der Waals surface area contributed by atoms with Gasteiger partial charge in [0.1, 0.15) is 11.4 Å².